The third kappa shape index (κ3) is 9.01. The Morgan fingerprint density at radius 1 is 0.219 bits per heavy atom. The summed E-state index contributed by atoms with van der Waals surface area (Å²) in [4.78, 5) is 6.95. The van der Waals surface area contributed by atoms with Crippen molar-refractivity contribution in [3.05, 3.63) is 299 Å². The van der Waals surface area contributed by atoms with E-state index in [1.54, 1.807) is 0 Å². The average molecular weight is 1240 g/mol. The summed E-state index contributed by atoms with van der Waals surface area (Å²) in [6, 6.07) is 92.4. The first kappa shape index (κ1) is 56.0. The zero-order valence-electron chi connectivity index (χ0n) is 54.1. The van der Waals surface area contributed by atoms with Gasteiger partial charge in [-0.25, -0.2) is 0 Å². The molecule has 0 atom stereocenters. The van der Waals surface area contributed by atoms with Gasteiger partial charge in [0, 0.05) is 81.4 Å². The molecule has 0 radical (unpaired) electrons. The van der Waals surface area contributed by atoms with Crippen LogP contribution in [-0.4, -0.2) is 20.1 Å². The highest BCUT2D eigenvalue weighted by Crippen LogP contribution is 2.48. The van der Waals surface area contributed by atoms with Gasteiger partial charge in [0.15, 0.2) is 0 Å². The van der Waals surface area contributed by atoms with E-state index in [9.17, 15) is 0 Å². The quantitative estimate of drug-likeness (QED) is 0.133. The summed E-state index contributed by atoms with van der Waals surface area (Å²) < 4.78 is 36.7. The molecule has 11 heteroatoms. The molecule has 0 bridgehead atoms. The highest BCUT2D eigenvalue weighted by molar-refractivity contribution is 7.02. The van der Waals surface area contributed by atoms with Crippen LogP contribution in [0.1, 0.15) is 44.5 Å². The number of aryl methyl sites for hydroxylation is 6. The summed E-state index contributed by atoms with van der Waals surface area (Å²) in [6.45, 7) is 12.1. The minimum absolute atomic E-state index is 0.126. The summed E-state index contributed by atoms with van der Waals surface area (Å²) in [5.74, 6) is 7.76. The van der Waals surface area contributed by atoms with Gasteiger partial charge in [0.1, 0.15) is 57.5 Å². The number of hydrogen-bond acceptors (Lipinski definition) is 8. The first-order chi connectivity index (χ1) is 47.0. The number of ether oxygens (including phenoxy) is 5. The molecule has 0 aromatic heterocycles. The first-order valence-electron chi connectivity index (χ1n) is 33.2. The maximum Gasteiger partial charge on any atom is 0.260 e. The molecule has 0 spiro atoms. The molecule has 13 aromatic rings. The van der Waals surface area contributed by atoms with E-state index in [2.05, 4.69) is 311 Å². The van der Waals surface area contributed by atoms with Crippen LogP contribution >= 0.6 is 0 Å². The van der Waals surface area contributed by atoms with E-state index >= 15 is 0 Å². The Morgan fingerprint density at radius 3 is 0.865 bits per heavy atom. The maximum atomic E-state index is 7.56. The van der Waals surface area contributed by atoms with Gasteiger partial charge in [0.25, 0.3) is 20.1 Å². The minimum Gasteiger partial charge on any atom is -0.458 e. The standard InChI is InChI=1S/C85H62B3N3O5/c1-50-15-27-58(28-16-50)89(59-29-17-51(2)18-30-59)64-40-57-39-56-41-75-70(47-69(56)86-67-11-7-9-13-73(67)92-78(42-64)83(57)86)88-72-48-71-76(49-77(72)96-82-46-66(45-81(94-75)85(82)88)91(62-35-23-54(5)24-36-62)63-37-25-55(6)26-38-63)95-80-44-65(43-79-84(80)87(71)68-12-8-10-14-74(68)93-79)90(60-31-19-52(3)20-32-60)61-33-21-53(4)22-34-61/h7-38,40-49H,39H2,1-6H3. The molecule has 0 N–H and O–H groups in total. The highest BCUT2D eigenvalue weighted by Gasteiger charge is 2.48. The molecule has 8 nitrogen and oxygen atoms in total. The Morgan fingerprint density at radius 2 is 0.500 bits per heavy atom. The first-order valence-corrected chi connectivity index (χ1v) is 33.2. The summed E-state index contributed by atoms with van der Waals surface area (Å²) in [5.41, 5.74) is 28.5. The second kappa shape index (κ2) is 21.5. The van der Waals surface area contributed by atoms with Crippen LogP contribution in [0.2, 0.25) is 0 Å². The Hall–Kier alpha value is -11.5. The number of fused-ring (bicyclic) bond motifs is 12. The van der Waals surface area contributed by atoms with E-state index in [1.807, 2.05) is 0 Å². The molecule has 13 aromatic carbocycles. The van der Waals surface area contributed by atoms with Crippen LogP contribution in [0.15, 0.2) is 255 Å². The molecule has 6 aliphatic heterocycles. The van der Waals surface area contributed by atoms with Gasteiger partial charge in [-0.15, -0.1) is 0 Å². The van der Waals surface area contributed by atoms with Crippen molar-refractivity contribution in [1.29, 1.82) is 0 Å². The number of para-hydroxylation sites is 2. The van der Waals surface area contributed by atoms with E-state index in [4.69, 9.17) is 23.7 Å². The molecular weight excluding hydrogens is 1180 g/mol. The van der Waals surface area contributed by atoms with Gasteiger partial charge >= 0.3 is 0 Å². The lowest BCUT2D eigenvalue weighted by atomic mass is 9.29. The summed E-state index contributed by atoms with van der Waals surface area (Å²) in [5, 5.41) is 0. The van der Waals surface area contributed by atoms with Crippen LogP contribution in [0.25, 0.3) is 0 Å². The fraction of sp³-hybridized carbons (Fsp3) is 0.0824. The molecule has 0 saturated carbocycles. The molecule has 0 unspecified atom stereocenters. The number of anilines is 9. The number of hydrogen-bond donors (Lipinski definition) is 0. The van der Waals surface area contributed by atoms with Gasteiger partial charge in [-0.3, -0.25) is 0 Å². The van der Waals surface area contributed by atoms with Crippen molar-refractivity contribution in [3.8, 4) is 57.5 Å². The smallest absolute Gasteiger partial charge is 0.260 e. The zero-order chi connectivity index (χ0) is 64.2. The van der Waals surface area contributed by atoms with Crippen LogP contribution < -0.4 is 87.5 Å². The predicted octanol–water partition coefficient (Wildman–Crippen LogP) is 15.9. The minimum atomic E-state index is -0.314. The second-order valence-electron chi connectivity index (χ2n) is 26.8. The summed E-state index contributed by atoms with van der Waals surface area (Å²) >= 11 is 0. The molecule has 0 saturated heterocycles. The molecule has 96 heavy (non-hydrogen) atoms. The molecule has 456 valence electrons. The molecule has 6 aliphatic rings. The number of nitrogens with zero attached hydrogens (tertiary/aromatic N) is 3. The third-order valence-corrected chi connectivity index (χ3v) is 20.4. The van der Waals surface area contributed by atoms with Crippen molar-refractivity contribution in [2.45, 2.75) is 48.0 Å². The monoisotopic (exact) mass is 1240 g/mol. The number of rotatable bonds is 9. The fourth-order valence-corrected chi connectivity index (χ4v) is 15.7. The maximum absolute atomic E-state index is 7.56. The van der Waals surface area contributed by atoms with Gasteiger partial charge in [-0.1, -0.05) is 160 Å². The average Bonchev–Trinajstić information content (AvgIpc) is 0.707. The van der Waals surface area contributed by atoms with Crippen molar-refractivity contribution < 1.29 is 23.7 Å². The lowest BCUT2D eigenvalue weighted by Crippen LogP contribution is -2.63. The van der Waals surface area contributed by atoms with Crippen LogP contribution in [-0.2, 0) is 6.42 Å². The second-order valence-corrected chi connectivity index (χ2v) is 26.8. The molecule has 0 amide bonds. The van der Waals surface area contributed by atoms with E-state index in [0.29, 0.717) is 6.42 Å². The van der Waals surface area contributed by atoms with E-state index < -0.39 is 0 Å². The molecule has 19 rings (SSSR count). The topological polar surface area (TPSA) is 55.9 Å². The summed E-state index contributed by atoms with van der Waals surface area (Å²) in [7, 11) is 0. The Balaban J connectivity index is 0.809. The Labute approximate surface area is 560 Å². The van der Waals surface area contributed by atoms with Crippen molar-refractivity contribution in [3.63, 3.8) is 0 Å². The van der Waals surface area contributed by atoms with E-state index in [1.165, 1.54) is 55.4 Å². The van der Waals surface area contributed by atoms with Crippen LogP contribution in [0.5, 0.6) is 57.5 Å². The molecule has 0 aliphatic carbocycles. The third-order valence-electron chi connectivity index (χ3n) is 20.4. The normalized spacial score (nSPS) is 13.2. The Kier molecular flexibility index (Phi) is 12.5. The van der Waals surface area contributed by atoms with Gasteiger partial charge < -0.3 is 38.4 Å². The molecule has 6 heterocycles. The Bertz CT molecular complexity index is 4970. The van der Waals surface area contributed by atoms with Gasteiger partial charge in [0.2, 0.25) is 0 Å². The zero-order valence-corrected chi connectivity index (χ0v) is 54.1. The van der Waals surface area contributed by atoms with Crippen molar-refractivity contribution in [2.75, 3.05) is 14.7 Å². The van der Waals surface area contributed by atoms with Gasteiger partial charge in [0.05, 0.1) is 17.1 Å². The lowest BCUT2D eigenvalue weighted by Gasteiger charge is -2.39. The summed E-state index contributed by atoms with van der Waals surface area (Å²) in [6.07, 6.45) is 0.669. The van der Waals surface area contributed by atoms with Crippen LogP contribution in [0.4, 0.5) is 51.2 Å². The van der Waals surface area contributed by atoms with E-state index in [0.717, 1.165) is 147 Å². The largest absolute Gasteiger partial charge is 0.458 e. The molecular formula is C85H62B3N3O5. The highest BCUT2D eigenvalue weighted by atomic mass is 16.5. The predicted molar refractivity (Wildman–Crippen MR) is 395 cm³/mol. The van der Waals surface area contributed by atoms with Crippen LogP contribution in [0.3, 0.4) is 0 Å². The molecule has 0 fully saturated rings. The van der Waals surface area contributed by atoms with Gasteiger partial charge in [-0.05, 0) is 189 Å². The SMILES string of the molecule is Cc1ccc(N(c2ccc(C)cc2)c2cc3c4c(c2)Oc2ccccc2B4c2cc4c(cc2C3)Oc2cc(N(c3ccc(C)cc3)c3ccc(C)cc3)cc3c2B4c2cc4c(cc2O3)Oc2cc(N(c3ccc(C)cc3)c3ccc(C)cc3)cc3c2B4c2ccccc2O3)cc1. The van der Waals surface area contributed by atoms with Crippen LogP contribution in [0, 0.1) is 41.5 Å². The van der Waals surface area contributed by atoms with Gasteiger partial charge in [-0.2, -0.15) is 0 Å². The van der Waals surface area contributed by atoms with Crippen molar-refractivity contribution >= 4 is 120 Å². The fourth-order valence-electron chi connectivity index (χ4n) is 15.7. The lowest BCUT2D eigenvalue weighted by molar-refractivity contribution is 0.452. The van der Waals surface area contributed by atoms with Crippen molar-refractivity contribution in [1.82, 2.24) is 0 Å². The van der Waals surface area contributed by atoms with E-state index in [-0.39, 0.29) is 20.1 Å². The number of benzene rings is 13. The van der Waals surface area contributed by atoms with Crippen molar-refractivity contribution in [2.24, 2.45) is 0 Å².